The van der Waals surface area contributed by atoms with Crippen LogP contribution in [0.3, 0.4) is 0 Å². The van der Waals surface area contributed by atoms with Gasteiger partial charge >= 0.3 is 6.03 Å². The van der Waals surface area contributed by atoms with Gasteiger partial charge in [-0.05, 0) is 49.3 Å². The van der Waals surface area contributed by atoms with Crippen molar-refractivity contribution in [1.82, 2.24) is 15.1 Å². The van der Waals surface area contributed by atoms with Crippen LogP contribution in [-0.4, -0.2) is 68.2 Å². The number of piperidine rings is 1. The van der Waals surface area contributed by atoms with E-state index in [0.717, 1.165) is 44.5 Å². The minimum absolute atomic E-state index is 0.0709. The molecule has 1 aromatic carbocycles. The maximum absolute atomic E-state index is 12.7. The van der Waals surface area contributed by atoms with Crippen molar-refractivity contribution < 1.29 is 14.3 Å². The van der Waals surface area contributed by atoms with Gasteiger partial charge in [0.2, 0.25) is 0 Å². The minimum atomic E-state index is -0.0709. The molecular weight excluding hydrogens is 330 g/mol. The van der Waals surface area contributed by atoms with Crippen molar-refractivity contribution in [3.8, 4) is 0 Å². The van der Waals surface area contributed by atoms with Gasteiger partial charge in [0.15, 0.2) is 0 Å². The van der Waals surface area contributed by atoms with Crippen LogP contribution in [0.25, 0.3) is 0 Å². The third kappa shape index (κ3) is 4.55. The molecule has 3 amide bonds. The van der Waals surface area contributed by atoms with E-state index in [1.54, 1.807) is 14.1 Å². The first-order valence-corrected chi connectivity index (χ1v) is 9.49. The number of carbonyl (C=O) groups is 2. The Morgan fingerprint density at radius 1 is 1.04 bits per heavy atom. The molecule has 1 N–H and O–H groups in total. The fourth-order valence-corrected chi connectivity index (χ4v) is 3.64. The maximum atomic E-state index is 12.7. The first-order valence-electron chi connectivity index (χ1n) is 9.49. The van der Waals surface area contributed by atoms with Gasteiger partial charge in [0.25, 0.3) is 5.91 Å². The molecule has 2 saturated heterocycles. The summed E-state index contributed by atoms with van der Waals surface area (Å²) in [5.41, 5.74) is 2.05. The topological polar surface area (TPSA) is 61.9 Å². The second kappa shape index (κ2) is 8.54. The molecule has 142 valence electrons. The summed E-state index contributed by atoms with van der Waals surface area (Å²) in [6.07, 6.45) is 3.70. The van der Waals surface area contributed by atoms with E-state index in [4.69, 9.17) is 4.74 Å². The van der Waals surface area contributed by atoms with Crippen molar-refractivity contribution in [3.63, 3.8) is 0 Å². The smallest absolute Gasteiger partial charge is 0.317 e. The summed E-state index contributed by atoms with van der Waals surface area (Å²) in [6, 6.07) is 8.16. The fraction of sp³-hybridized carbons (Fsp3) is 0.600. The standard InChI is InChI=1S/C20H29N3O3/c1-22(2)20(25)21-18-7-11-23(12-8-18)19(24)17-5-3-15(4-6-17)16-9-13-26-14-10-16/h3-6,16,18H,7-14H2,1-2H3,(H,21,25). The molecule has 6 nitrogen and oxygen atoms in total. The number of hydrogen-bond donors (Lipinski definition) is 1. The number of carbonyl (C=O) groups excluding carboxylic acids is 2. The van der Waals surface area contributed by atoms with E-state index in [1.807, 2.05) is 17.0 Å². The van der Waals surface area contributed by atoms with Gasteiger partial charge in [-0.2, -0.15) is 0 Å². The van der Waals surface area contributed by atoms with Gasteiger partial charge in [0.05, 0.1) is 0 Å². The van der Waals surface area contributed by atoms with Crippen LogP contribution in [0, 0.1) is 0 Å². The van der Waals surface area contributed by atoms with Crippen molar-refractivity contribution in [3.05, 3.63) is 35.4 Å². The van der Waals surface area contributed by atoms with Crippen LogP contribution < -0.4 is 5.32 Å². The highest BCUT2D eigenvalue weighted by Crippen LogP contribution is 2.27. The summed E-state index contributed by atoms with van der Waals surface area (Å²) in [5.74, 6) is 0.630. The number of likely N-dealkylation sites (tertiary alicyclic amines) is 1. The average molecular weight is 359 g/mol. The van der Waals surface area contributed by atoms with E-state index in [0.29, 0.717) is 19.0 Å². The number of hydrogen-bond acceptors (Lipinski definition) is 3. The Labute approximate surface area is 155 Å². The van der Waals surface area contributed by atoms with Crippen molar-refractivity contribution in [1.29, 1.82) is 0 Å². The molecule has 0 atom stereocenters. The second-order valence-electron chi connectivity index (χ2n) is 7.42. The molecule has 0 unspecified atom stereocenters. The predicted molar refractivity (Wildman–Crippen MR) is 100 cm³/mol. The SMILES string of the molecule is CN(C)C(=O)NC1CCN(C(=O)c2ccc(C3CCOCC3)cc2)CC1. The molecule has 2 aliphatic rings. The van der Waals surface area contributed by atoms with Gasteiger partial charge in [-0.3, -0.25) is 4.79 Å². The number of nitrogens with one attached hydrogen (secondary N) is 1. The molecule has 26 heavy (non-hydrogen) atoms. The number of rotatable bonds is 3. The number of benzene rings is 1. The second-order valence-corrected chi connectivity index (χ2v) is 7.42. The van der Waals surface area contributed by atoms with Crippen molar-refractivity contribution in [2.75, 3.05) is 40.4 Å². The predicted octanol–water partition coefficient (Wildman–Crippen LogP) is 2.46. The summed E-state index contributed by atoms with van der Waals surface area (Å²) in [4.78, 5) is 27.9. The van der Waals surface area contributed by atoms with Gasteiger partial charge in [-0.1, -0.05) is 12.1 Å². The number of ether oxygens (including phenoxy) is 1. The van der Waals surface area contributed by atoms with Crippen LogP contribution in [0.2, 0.25) is 0 Å². The van der Waals surface area contributed by atoms with Gasteiger partial charge in [0, 0.05) is 52.0 Å². The molecule has 0 spiro atoms. The van der Waals surface area contributed by atoms with E-state index < -0.39 is 0 Å². The van der Waals surface area contributed by atoms with E-state index in [-0.39, 0.29) is 18.0 Å². The number of nitrogens with zero attached hydrogens (tertiary/aromatic N) is 2. The zero-order valence-electron chi connectivity index (χ0n) is 15.7. The van der Waals surface area contributed by atoms with Gasteiger partial charge in [-0.25, -0.2) is 4.79 Å². The lowest BCUT2D eigenvalue weighted by molar-refractivity contribution is 0.0706. The Balaban J connectivity index is 1.52. The Morgan fingerprint density at radius 2 is 1.65 bits per heavy atom. The summed E-state index contributed by atoms with van der Waals surface area (Å²) >= 11 is 0. The van der Waals surface area contributed by atoms with Crippen LogP contribution in [0.15, 0.2) is 24.3 Å². The average Bonchev–Trinajstić information content (AvgIpc) is 2.69. The number of amides is 3. The van der Waals surface area contributed by atoms with Crippen LogP contribution in [0.4, 0.5) is 4.79 Å². The summed E-state index contributed by atoms with van der Waals surface area (Å²) < 4.78 is 5.42. The molecule has 6 heteroatoms. The van der Waals surface area contributed by atoms with Crippen LogP contribution in [-0.2, 0) is 4.74 Å². The summed E-state index contributed by atoms with van der Waals surface area (Å²) in [6.45, 7) is 3.01. The molecular formula is C20H29N3O3. The Morgan fingerprint density at radius 3 is 2.23 bits per heavy atom. The first-order chi connectivity index (χ1) is 12.5. The lowest BCUT2D eigenvalue weighted by Gasteiger charge is -2.33. The van der Waals surface area contributed by atoms with E-state index in [2.05, 4.69) is 17.4 Å². The Hall–Kier alpha value is -2.08. The molecule has 2 heterocycles. The lowest BCUT2D eigenvalue weighted by atomic mass is 9.91. The molecule has 2 fully saturated rings. The summed E-state index contributed by atoms with van der Waals surface area (Å²) in [7, 11) is 3.47. The highest BCUT2D eigenvalue weighted by atomic mass is 16.5. The zero-order valence-corrected chi connectivity index (χ0v) is 15.7. The lowest BCUT2D eigenvalue weighted by Crippen LogP contribution is -2.48. The van der Waals surface area contributed by atoms with Crippen molar-refractivity contribution in [2.24, 2.45) is 0 Å². The molecule has 2 aliphatic heterocycles. The molecule has 3 rings (SSSR count). The largest absolute Gasteiger partial charge is 0.381 e. The highest BCUT2D eigenvalue weighted by molar-refractivity contribution is 5.94. The highest BCUT2D eigenvalue weighted by Gasteiger charge is 2.25. The van der Waals surface area contributed by atoms with Crippen molar-refractivity contribution in [2.45, 2.75) is 37.6 Å². The molecule has 1 aromatic rings. The normalized spacial score (nSPS) is 19.2. The maximum Gasteiger partial charge on any atom is 0.317 e. The molecule has 0 radical (unpaired) electrons. The fourth-order valence-electron chi connectivity index (χ4n) is 3.64. The van der Waals surface area contributed by atoms with E-state index >= 15 is 0 Å². The molecule has 0 aliphatic carbocycles. The third-order valence-electron chi connectivity index (χ3n) is 5.37. The third-order valence-corrected chi connectivity index (χ3v) is 5.37. The molecule has 0 bridgehead atoms. The van der Waals surface area contributed by atoms with Crippen molar-refractivity contribution >= 4 is 11.9 Å². The molecule has 0 aromatic heterocycles. The Bertz CT molecular complexity index is 616. The van der Waals surface area contributed by atoms with E-state index in [1.165, 1.54) is 10.5 Å². The quantitative estimate of drug-likeness (QED) is 0.902. The van der Waals surface area contributed by atoms with Gasteiger partial charge < -0.3 is 19.9 Å². The van der Waals surface area contributed by atoms with Gasteiger partial charge in [0.1, 0.15) is 0 Å². The van der Waals surface area contributed by atoms with E-state index in [9.17, 15) is 9.59 Å². The van der Waals surface area contributed by atoms with Gasteiger partial charge in [-0.15, -0.1) is 0 Å². The van der Waals surface area contributed by atoms with Crippen LogP contribution >= 0.6 is 0 Å². The van der Waals surface area contributed by atoms with Crippen LogP contribution in [0.1, 0.15) is 47.5 Å². The minimum Gasteiger partial charge on any atom is -0.381 e. The zero-order chi connectivity index (χ0) is 18.5. The first kappa shape index (κ1) is 18.7. The number of urea groups is 1. The monoisotopic (exact) mass is 359 g/mol. The Kier molecular flexibility index (Phi) is 6.14. The molecule has 0 saturated carbocycles. The summed E-state index contributed by atoms with van der Waals surface area (Å²) in [5, 5.41) is 3.00. The van der Waals surface area contributed by atoms with Crippen LogP contribution in [0.5, 0.6) is 0 Å².